The highest BCUT2D eigenvalue weighted by atomic mass is 16.2. The van der Waals surface area contributed by atoms with Gasteiger partial charge in [-0.15, -0.1) is 0 Å². The number of nitrogens with zero attached hydrogens (tertiary/aromatic N) is 4. The van der Waals surface area contributed by atoms with Gasteiger partial charge in [0.1, 0.15) is 11.6 Å². The van der Waals surface area contributed by atoms with Gasteiger partial charge in [-0.3, -0.25) is 9.59 Å². The molecule has 0 bridgehead atoms. The number of benzene rings is 1. The van der Waals surface area contributed by atoms with E-state index in [1.165, 1.54) is 30.6 Å². The van der Waals surface area contributed by atoms with Gasteiger partial charge in [0.2, 0.25) is 5.91 Å². The summed E-state index contributed by atoms with van der Waals surface area (Å²) in [6.45, 7) is 6.01. The highest BCUT2D eigenvalue weighted by Crippen LogP contribution is 2.30. The predicted octanol–water partition coefficient (Wildman–Crippen LogP) is 2.44. The number of hydrogen-bond acceptors (Lipinski definition) is 4. The summed E-state index contributed by atoms with van der Waals surface area (Å²) in [4.78, 5) is 28.4. The first kappa shape index (κ1) is 19.6. The smallest absolute Gasteiger partial charge is 0.291 e. The zero-order chi connectivity index (χ0) is 20.4. The molecule has 0 spiro atoms. The van der Waals surface area contributed by atoms with Crippen LogP contribution in [0.5, 0.6) is 0 Å². The van der Waals surface area contributed by atoms with Crippen LogP contribution < -0.4 is 10.9 Å². The Labute approximate surface area is 170 Å². The van der Waals surface area contributed by atoms with Crippen LogP contribution in [-0.4, -0.2) is 51.3 Å². The van der Waals surface area contributed by atoms with E-state index in [2.05, 4.69) is 15.3 Å². The SMILES string of the molecule is CC[C@H](C(=O)NCCCN1CCCC1)n1c2ccccc2c2cnn(C)c(=O)c21. The molecule has 154 valence electrons. The third-order valence-corrected chi connectivity index (χ3v) is 5.96. The second-order valence-electron chi connectivity index (χ2n) is 7.84. The maximum atomic E-state index is 13.1. The van der Waals surface area contributed by atoms with Crippen LogP contribution >= 0.6 is 0 Å². The van der Waals surface area contributed by atoms with E-state index >= 15 is 0 Å². The van der Waals surface area contributed by atoms with E-state index < -0.39 is 6.04 Å². The molecule has 1 aliphatic rings. The molecule has 1 amide bonds. The minimum atomic E-state index is -0.431. The number of nitrogens with one attached hydrogen (secondary N) is 1. The predicted molar refractivity (Wildman–Crippen MR) is 115 cm³/mol. The van der Waals surface area contributed by atoms with E-state index in [9.17, 15) is 9.59 Å². The van der Waals surface area contributed by atoms with Gasteiger partial charge < -0.3 is 14.8 Å². The minimum Gasteiger partial charge on any atom is -0.354 e. The lowest BCUT2D eigenvalue weighted by atomic mass is 10.2. The Morgan fingerprint density at radius 1 is 1.21 bits per heavy atom. The number of aromatic nitrogens is 3. The molecule has 0 aliphatic carbocycles. The number of amides is 1. The van der Waals surface area contributed by atoms with E-state index in [4.69, 9.17) is 0 Å². The number of rotatable bonds is 7. The van der Waals surface area contributed by atoms with Gasteiger partial charge >= 0.3 is 0 Å². The second kappa shape index (κ2) is 8.37. The van der Waals surface area contributed by atoms with E-state index in [0.29, 0.717) is 18.5 Å². The van der Waals surface area contributed by atoms with Gasteiger partial charge in [0, 0.05) is 24.4 Å². The average molecular weight is 396 g/mol. The highest BCUT2D eigenvalue weighted by molar-refractivity contribution is 6.08. The van der Waals surface area contributed by atoms with E-state index in [1.54, 1.807) is 13.2 Å². The van der Waals surface area contributed by atoms with Crippen molar-refractivity contribution in [2.24, 2.45) is 7.05 Å². The summed E-state index contributed by atoms with van der Waals surface area (Å²) in [6, 6.07) is 7.41. The van der Waals surface area contributed by atoms with Crippen molar-refractivity contribution in [1.29, 1.82) is 0 Å². The average Bonchev–Trinajstić information content (AvgIpc) is 3.36. The van der Waals surface area contributed by atoms with Crippen LogP contribution in [0.2, 0.25) is 0 Å². The molecule has 7 heteroatoms. The van der Waals surface area contributed by atoms with Crippen LogP contribution in [-0.2, 0) is 11.8 Å². The molecule has 2 aromatic heterocycles. The van der Waals surface area contributed by atoms with Crippen molar-refractivity contribution in [1.82, 2.24) is 24.6 Å². The highest BCUT2D eigenvalue weighted by Gasteiger charge is 2.25. The Morgan fingerprint density at radius 2 is 1.97 bits per heavy atom. The van der Waals surface area contributed by atoms with Gasteiger partial charge in [-0.05, 0) is 51.4 Å². The van der Waals surface area contributed by atoms with Gasteiger partial charge in [-0.25, -0.2) is 4.68 Å². The Balaban J connectivity index is 1.62. The molecule has 4 rings (SSSR count). The third-order valence-electron chi connectivity index (χ3n) is 5.96. The number of carbonyl (C=O) groups is 1. The summed E-state index contributed by atoms with van der Waals surface area (Å²) in [6.07, 6.45) is 5.83. The van der Waals surface area contributed by atoms with Crippen LogP contribution in [0.4, 0.5) is 0 Å². The molecule has 7 nitrogen and oxygen atoms in total. The number of hydrogen-bond donors (Lipinski definition) is 1. The van der Waals surface area contributed by atoms with Crippen molar-refractivity contribution in [3.8, 4) is 0 Å². The number of fused-ring (bicyclic) bond motifs is 3. The first-order chi connectivity index (χ1) is 14.1. The van der Waals surface area contributed by atoms with E-state index in [1.807, 2.05) is 35.8 Å². The molecule has 0 saturated carbocycles. The van der Waals surface area contributed by atoms with Gasteiger partial charge in [0.25, 0.3) is 5.56 Å². The Kier molecular flexibility index (Phi) is 5.67. The fourth-order valence-corrected chi connectivity index (χ4v) is 4.44. The quantitative estimate of drug-likeness (QED) is 0.624. The summed E-state index contributed by atoms with van der Waals surface area (Å²) in [5, 5.41) is 9.03. The van der Waals surface area contributed by atoms with Crippen molar-refractivity contribution < 1.29 is 4.79 Å². The molecule has 3 heterocycles. The third kappa shape index (κ3) is 3.67. The maximum Gasteiger partial charge on any atom is 0.291 e. The second-order valence-corrected chi connectivity index (χ2v) is 7.84. The van der Waals surface area contributed by atoms with Crippen molar-refractivity contribution >= 4 is 27.7 Å². The molecule has 1 N–H and O–H groups in total. The van der Waals surface area contributed by atoms with Crippen LogP contribution in [0, 0.1) is 0 Å². The molecular weight excluding hydrogens is 366 g/mol. The fourth-order valence-electron chi connectivity index (χ4n) is 4.44. The van der Waals surface area contributed by atoms with Gasteiger partial charge in [0.15, 0.2) is 0 Å². The van der Waals surface area contributed by atoms with Crippen LogP contribution in [0.1, 0.15) is 38.6 Å². The molecule has 29 heavy (non-hydrogen) atoms. The number of carbonyl (C=O) groups excluding carboxylic acids is 1. The molecule has 1 atom stereocenters. The summed E-state index contributed by atoms with van der Waals surface area (Å²) < 4.78 is 3.24. The van der Waals surface area contributed by atoms with Gasteiger partial charge in [-0.2, -0.15) is 5.10 Å². The Morgan fingerprint density at radius 3 is 2.72 bits per heavy atom. The van der Waals surface area contributed by atoms with Crippen molar-refractivity contribution in [2.75, 3.05) is 26.2 Å². The first-order valence-electron chi connectivity index (χ1n) is 10.6. The van der Waals surface area contributed by atoms with Crippen LogP contribution in [0.25, 0.3) is 21.8 Å². The van der Waals surface area contributed by atoms with Crippen molar-refractivity contribution in [3.05, 3.63) is 40.8 Å². The van der Waals surface area contributed by atoms with Crippen LogP contribution in [0.15, 0.2) is 35.3 Å². The lowest BCUT2D eigenvalue weighted by molar-refractivity contribution is -0.124. The fraction of sp³-hybridized carbons (Fsp3) is 0.500. The molecule has 1 saturated heterocycles. The van der Waals surface area contributed by atoms with E-state index in [-0.39, 0.29) is 11.5 Å². The molecule has 1 aliphatic heterocycles. The topological polar surface area (TPSA) is 72.2 Å². The molecule has 0 unspecified atom stereocenters. The lowest BCUT2D eigenvalue weighted by Crippen LogP contribution is -2.35. The molecule has 3 aromatic rings. The summed E-state index contributed by atoms with van der Waals surface area (Å²) >= 11 is 0. The molecule has 1 aromatic carbocycles. The van der Waals surface area contributed by atoms with Gasteiger partial charge in [0.05, 0.1) is 11.7 Å². The molecule has 0 radical (unpaired) electrons. The zero-order valence-corrected chi connectivity index (χ0v) is 17.2. The maximum absolute atomic E-state index is 13.1. The minimum absolute atomic E-state index is 0.0320. The number of aryl methyl sites for hydroxylation is 1. The normalized spacial score (nSPS) is 15.9. The first-order valence-corrected chi connectivity index (χ1v) is 10.6. The largest absolute Gasteiger partial charge is 0.354 e. The van der Waals surface area contributed by atoms with Gasteiger partial charge in [-0.1, -0.05) is 25.1 Å². The van der Waals surface area contributed by atoms with Crippen molar-refractivity contribution in [3.63, 3.8) is 0 Å². The monoisotopic (exact) mass is 395 g/mol. The van der Waals surface area contributed by atoms with Crippen LogP contribution in [0.3, 0.4) is 0 Å². The summed E-state index contributed by atoms with van der Waals surface area (Å²) in [7, 11) is 1.64. The summed E-state index contributed by atoms with van der Waals surface area (Å²) in [5.41, 5.74) is 1.26. The Bertz CT molecular complexity index is 1080. The Hall–Kier alpha value is -2.67. The summed E-state index contributed by atoms with van der Waals surface area (Å²) in [5.74, 6) is -0.0320. The lowest BCUT2D eigenvalue weighted by Gasteiger charge is -2.20. The zero-order valence-electron chi connectivity index (χ0n) is 17.2. The number of likely N-dealkylation sites (tertiary alicyclic amines) is 1. The van der Waals surface area contributed by atoms with E-state index in [0.717, 1.165) is 29.3 Å². The molecular formula is C22H29N5O2. The number of para-hydroxylation sites is 1. The standard InChI is InChI=1S/C22H29N5O2/c1-3-18(21(28)23-11-8-14-26-12-6-7-13-26)27-19-10-5-4-9-16(19)17-15-24-25(2)22(29)20(17)27/h4-5,9-10,15,18H,3,6-8,11-14H2,1-2H3,(H,23,28)/t18-/m1/s1. The molecule has 1 fully saturated rings. The van der Waals surface area contributed by atoms with Crippen molar-refractivity contribution in [2.45, 2.75) is 38.6 Å².